The highest BCUT2D eigenvalue weighted by molar-refractivity contribution is 5.73. The minimum Gasteiger partial charge on any atom is -0.394 e. The van der Waals surface area contributed by atoms with E-state index in [0.717, 1.165) is 0 Å². The van der Waals surface area contributed by atoms with Gasteiger partial charge in [-0.15, -0.1) is 0 Å². The first-order chi connectivity index (χ1) is 12.2. The van der Waals surface area contributed by atoms with E-state index in [-0.39, 0.29) is 0 Å². The predicted octanol–water partition coefficient (Wildman–Crippen LogP) is -3.57. The topological polar surface area (TPSA) is 167 Å². The highest BCUT2D eigenvalue weighted by Gasteiger charge is 2.50. The van der Waals surface area contributed by atoms with Crippen molar-refractivity contribution in [3.05, 3.63) is 0 Å². The van der Waals surface area contributed by atoms with Gasteiger partial charge in [0.15, 0.2) is 12.6 Å². The molecule has 0 aromatic carbocycles. The first kappa shape index (κ1) is 21.4. The molecular weight excluding hydrogens is 354 g/mol. The van der Waals surface area contributed by atoms with Crippen molar-refractivity contribution in [2.24, 2.45) is 0 Å². The molecule has 0 aromatic heterocycles. The molecule has 2 saturated heterocycles. The van der Waals surface area contributed by atoms with Crippen LogP contribution in [0.2, 0.25) is 0 Å². The van der Waals surface area contributed by atoms with Crippen molar-refractivity contribution in [3.63, 3.8) is 0 Å². The molecule has 2 fully saturated rings. The smallest absolute Gasteiger partial charge is 0.217 e. The summed E-state index contributed by atoms with van der Waals surface area (Å²) in [6.45, 7) is 2.19. The number of hydrogen-bond donors (Lipinski definition) is 6. The molecule has 0 aromatic rings. The van der Waals surface area contributed by atoms with Gasteiger partial charge in [-0.1, -0.05) is 0 Å². The summed E-state index contributed by atoms with van der Waals surface area (Å²) in [5.41, 5.74) is 0. The first-order valence-corrected chi connectivity index (χ1v) is 8.30. The van der Waals surface area contributed by atoms with E-state index in [1.165, 1.54) is 21.0 Å². The van der Waals surface area contributed by atoms with Gasteiger partial charge in [0.05, 0.1) is 12.7 Å². The number of carbonyl (C=O) groups excluding carboxylic acids is 1. The molecule has 2 rings (SSSR count). The number of methoxy groups -OCH3 is 1. The van der Waals surface area contributed by atoms with Crippen molar-refractivity contribution in [2.45, 2.75) is 75.2 Å². The monoisotopic (exact) mass is 381 g/mol. The Morgan fingerprint density at radius 3 is 2.23 bits per heavy atom. The third kappa shape index (κ3) is 4.32. The maximum atomic E-state index is 11.5. The number of hydrogen-bond acceptors (Lipinski definition) is 10. The number of ether oxygens (including phenoxy) is 4. The van der Waals surface area contributed by atoms with Gasteiger partial charge < -0.3 is 49.8 Å². The number of rotatable bonds is 5. The average Bonchev–Trinajstić information content (AvgIpc) is 2.60. The van der Waals surface area contributed by atoms with Gasteiger partial charge in [-0.2, -0.15) is 0 Å². The molecule has 0 spiro atoms. The van der Waals surface area contributed by atoms with Crippen LogP contribution in [0.25, 0.3) is 0 Å². The van der Waals surface area contributed by atoms with Crippen LogP contribution in [0.5, 0.6) is 0 Å². The van der Waals surface area contributed by atoms with Gasteiger partial charge >= 0.3 is 0 Å². The summed E-state index contributed by atoms with van der Waals surface area (Å²) in [6, 6.07) is -0.981. The SMILES string of the molecule is CO[C@@H]1O[C@H](CO)[C@H](O)[C@H](O[C@@H]2O[C@H](C)[C@H](O)[C@H](O)[C@@H]2O)[C@@H]1NC(C)=O. The van der Waals surface area contributed by atoms with Crippen LogP contribution in [0.4, 0.5) is 0 Å². The van der Waals surface area contributed by atoms with Crippen LogP contribution >= 0.6 is 0 Å². The summed E-state index contributed by atoms with van der Waals surface area (Å²) in [4.78, 5) is 11.5. The van der Waals surface area contributed by atoms with Gasteiger partial charge in [-0.05, 0) is 6.92 Å². The molecule has 2 heterocycles. The molecule has 0 bridgehead atoms. The first-order valence-electron chi connectivity index (χ1n) is 8.30. The summed E-state index contributed by atoms with van der Waals surface area (Å²) < 4.78 is 21.6. The standard InChI is InChI=1S/C15H27NO10/c1-5-9(19)11(21)12(22)15(24-5)26-13-8(16-6(2)18)14(23-3)25-7(4-17)10(13)20/h5,7-15,17,19-22H,4H2,1-3H3,(H,16,18)/t5-,7-,8+,9+,10+,11+,12+,13-,14-,15+/m1/s1. The van der Waals surface area contributed by atoms with Gasteiger partial charge in [0.1, 0.15) is 42.7 Å². The van der Waals surface area contributed by atoms with Gasteiger partial charge in [-0.25, -0.2) is 0 Å². The second-order valence-corrected chi connectivity index (χ2v) is 6.46. The molecule has 10 atom stereocenters. The molecule has 0 aliphatic carbocycles. The Labute approximate surface area is 150 Å². The van der Waals surface area contributed by atoms with E-state index in [1.54, 1.807) is 0 Å². The Kier molecular flexibility index (Phi) is 7.30. The molecule has 0 unspecified atom stereocenters. The van der Waals surface area contributed by atoms with Crippen molar-refractivity contribution >= 4 is 5.91 Å². The number of amides is 1. The minimum atomic E-state index is -1.59. The Hall–Kier alpha value is -0.890. The highest BCUT2D eigenvalue weighted by atomic mass is 16.7. The minimum absolute atomic E-state index is 0.446. The van der Waals surface area contributed by atoms with Gasteiger partial charge in [0.2, 0.25) is 5.91 Å². The third-order valence-corrected chi connectivity index (χ3v) is 4.56. The van der Waals surface area contributed by atoms with Gasteiger partial charge in [-0.3, -0.25) is 4.79 Å². The lowest BCUT2D eigenvalue weighted by molar-refractivity contribution is -0.339. The summed E-state index contributed by atoms with van der Waals surface area (Å²) >= 11 is 0. The van der Waals surface area contributed by atoms with Crippen molar-refractivity contribution in [2.75, 3.05) is 13.7 Å². The maximum absolute atomic E-state index is 11.5. The third-order valence-electron chi connectivity index (χ3n) is 4.56. The molecule has 11 nitrogen and oxygen atoms in total. The lowest BCUT2D eigenvalue weighted by Gasteiger charge is -2.47. The summed E-state index contributed by atoms with van der Waals surface area (Å²) in [5, 5.41) is 52.2. The van der Waals surface area contributed by atoms with Crippen LogP contribution in [0.3, 0.4) is 0 Å². The van der Waals surface area contributed by atoms with Crippen LogP contribution in [0, 0.1) is 0 Å². The van der Waals surface area contributed by atoms with Crippen LogP contribution < -0.4 is 5.32 Å². The quantitative estimate of drug-likeness (QED) is 0.280. The number of aliphatic hydroxyl groups excluding tert-OH is 5. The van der Waals surface area contributed by atoms with Crippen LogP contribution in [0.1, 0.15) is 13.8 Å². The molecular formula is C15H27NO10. The zero-order valence-electron chi connectivity index (χ0n) is 14.8. The molecule has 6 N–H and O–H groups in total. The van der Waals surface area contributed by atoms with E-state index >= 15 is 0 Å². The second-order valence-electron chi connectivity index (χ2n) is 6.46. The molecule has 152 valence electrons. The summed E-state index contributed by atoms with van der Waals surface area (Å²) in [6.07, 6.45) is -11.4. The number of carbonyl (C=O) groups is 1. The lowest BCUT2D eigenvalue weighted by atomic mass is 9.95. The zero-order valence-corrected chi connectivity index (χ0v) is 14.8. The van der Waals surface area contributed by atoms with Crippen molar-refractivity contribution in [1.82, 2.24) is 5.32 Å². The summed E-state index contributed by atoms with van der Waals surface area (Å²) in [7, 11) is 1.32. The fraction of sp³-hybridized carbons (Fsp3) is 0.933. The van der Waals surface area contributed by atoms with Gasteiger partial charge in [0.25, 0.3) is 0 Å². The Morgan fingerprint density at radius 1 is 1.04 bits per heavy atom. The predicted molar refractivity (Wildman–Crippen MR) is 83.6 cm³/mol. The average molecular weight is 381 g/mol. The molecule has 1 amide bonds. The number of aliphatic hydroxyl groups is 5. The highest BCUT2D eigenvalue weighted by Crippen LogP contribution is 2.29. The molecule has 11 heteroatoms. The summed E-state index contributed by atoms with van der Waals surface area (Å²) in [5.74, 6) is -0.446. The van der Waals surface area contributed by atoms with E-state index in [1.807, 2.05) is 0 Å². The van der Waals surface area contributed by atoms with Crippen LogP contribution in [0.15, 0.2) is 0 Å². The van der Waals surface area contributed by atoms with E-state index in [4.69, 9.17) is 18.9 Å². The fourth-order valence-electron chi connectivity index (χ4n) is 3.10. The van der Waals surface area contributed by atoms with Crippen molar-refractivity contribution in [3.8, 4) is 0 Å². The maximum Gasteiger partial charge on any atom is 0.217 e. The van der Waals surface area contributed by atoms with Crippen LogP contribution in [-0.2, 0) is 23.7 Å². The molecule has 2 aliphatic heterocycles. The fourth-order valence-corrected chi connectivity index (χ4v) is 3.10. The van der Waals surface area contributed by atoms with E-state index in [0.29, 0.717) is 0 Å². The number of nitrogens with one attached hydrogen (secondary N) is 1. The largest absolute Gasteiger partial charge is 0.394 e. The lowest BCUT2D eigenvalue weighted by Crippen LogP contribution is -2.67. The van der Waals surface area contributed by atoms with E-state index in [2.05, 4.69) is 5.32 Å². The molecule has 0 radical (unpaired) electrons. The zero-order chi connectivity index (χ0) is 19.6. The molecule has 2 aliphatic rings. The van der Waals surface area contributed by atoms with E-state index in [9.17, 15) is 30.3 Å². The van der Waals surface area contributed by atoms with Crippen molar-refractivity contribution in [1.29, 1.82) is 0 Å². The Bertz CT molecular complexity index is 479. The molecule has 26 heavy (non-hydrogen) atoms. The van der Waals surface area contributed by atoms with Crippen LogP contribution in [-0.4, -0.2) is 107 Å². The Balaban J connectivity index is 2.23. The second kappa shape index (κ2) is 8.87. The normalized spacial score (nSPS) is 46.8. The van der Waals surface area contributed by atoms with Gasteiger partial charge in [0, 0.05) is 14.0 Å². The van der Waals surface area contributed by atoms with E-state index < -0.39 is 73.9 Å². The Morgan fingerprint density at radius 2 is 1.69 bits per heavy atom. The van der Waals surface area contributed by atoms with Crippen molar-refractivity contribution < 1.29 is 49.3 Å². The molecule has 0 saturated carbocycles.